The molecule has 1 fully saturated rings. The van der Waals surface area contributed by atoms with E-state index >= 15 is 0 Å². The van der Waals surface area contributed by atoms with Crippen LogP contribution >= 0.6 is 0 Å². The molecule has 0 bridgehead atoms. The number of hydrogen-bond acceptors (Lipinski definition) is 2. The largest absolute Gasteiger partial charge is 0.399 e. The first-order valence-electron chi connectivity index (χ1n) is 8.18. The molecule has 0 aliphatic heterocycles. The minimum absolute atomic E-state index is 0.264. The Kier molecular flexibility index (Phi) is 4.92. The standard InChI is InChI=1S/C18H28N2O/c1-4-5-6-13-20(14(2)3)17(21)18(11-12-18)15-7-9-16(19)10-8-15/h7-10,14H,4-6,11-13,19H2,1-3H3. The third-order valence-electron chi connectivity index (χ3n) is 4.51. The molecule has 0 aromatic heterocycles. The minimum atomic E-state index is -0.274. The summed E-state index contributed by atoms with van der Waals surface area (Å²) in [6.45, 7) is 7.30. The van der Waals surface area contributed by atoms with Crippen LogP contribution in [-0.4, -0.2) is 23.4 Å². The monoisotopic (exact) mass is 288 g/mol. The summed E-state index contributed by atoms with van der Waals surface area (Å²) in [6, 6.07) is 8.11. The van der Waals surface area contributed by atoms with Crippen molar-refractivity contribution in [3.05, 3.63) is 29.8 Å². The van der Waals surface area contributed by atoms with Crippen molar-refractivity contribution >= 4 is 11.6 Å². The zero-order valence-corrected chi connectivity index (χ0v) is 13.6. The van der Waals surface area contributed by atoms with Crippen LogP contribution in [0.25, 0.3) is 0 Å². The number of carbonyl (C=O) groups is 1. The maximum atomic E-state index is 13.0. The smallest absolute Gasteiger partial charge is 0.233 e. The van der Waals surface area contributed by atoms with Crippen LogP contribution in [0.5, 0.6) is 0 Å². The predicted molar refractivity (Wildman–Crippen MR) is 88.1 cm³/mol. The van der Waals surface area contributed by atoms with Gasteiger partial charge in [0.05, 0.1) is 5.41 Å². The molecule has 2 N–H and O–H groups in total. The van der Waals surface area contributed by atoms with Gasteiger partial charge < -0.3 is 10.6 Å². The Hall–Kier alpha value is -1.51. The molecule has 0 radical (unpaired) electrons. The maximum absolute atomic E-state index is 13.0. The number of benzene rings is 1. The molecule has 1 aromatic rings. The van der Waals surface area contributed by atoms with Gasteiger partial charge >= 0.3 is 0 Å². The molecule has 116 valence electrons. The van der Waals surface area contributed by atoms with Crippen molar-refractivity contribution in [1.29, 1.82) is 0 Å². The molecule has 1 aromatic carbocycles. The number of unbranched alkanes of at least 4 members (excludes halogenated alkanes) is 2. The van der Waals surface area contributed by atoms with E-state index in [0.29, 0.717) is 5.91 Å². The lowest BCUT2D eigenvalue weighted by Crippen LogP contribution is -2.44. The molecule has 1 aliphatic carbocycles. The van der Waals surface area contributed by atoms with E-state index in [2.05, 4.69) is 25.7 Å². The molecule has 0 spiro atoms. The summed E-state index contributed by atoms with van der Waals surface area (Å²) in [5.74, 6) is 0.304. The highest BCUT2D eigenvalue weighted by Crippen LogP contribution is 2.50. The van der Waals surface area contributed by atoms with Crippen LogP contribution in [0.4, 0.5) is 5.69 Å². The lowest BCUT2D eigenvalue weighted by Gasteiger charge is -2.31. The highest BCUT2D eigenvalue weighted by molar-refractivity contribution is 5.91. The van der Waals surface area contributed by atoms with Crippen molar-refractivity contribution < 1.29 is 4.79 Å². The Morgan fingerprint density at radius 1 is 1.24 bits per heavy atom. The number of nitrogens with zero attached hydrogens (tertiary/aromatic N) is 1. The van der Waals surface area contributed by atoms with Crippen LogP contribution in [0, 0.1) is 0 Å². The third-order valence-corrected chi connectivity index (χ3v) is 4.51. The Bertz CT molecular complexity index is 474. The van der Waals surface area contributed by atoms with E-state index in [-0.39, 0.29) is 11.5 Å². The second kappa shape index (κ2) is 6.50. The van der Waals surface area contributed by atoms with E-state index < -0.39 is 0 Å². The summed E-state index contributed by atoms with van der Waals surface area (Å²) in [4.78, 5) is 15.1. The molecule has 0 saturated heterocycles. The van der Waals surface area contributed by atoms with Crippen LogP contribution in [0.15, 0.2) is 24.3 Å². The van der Waals surface area contributed by atoms with Gasteiger partial charge in [0, 0.05) is 18.3 Å². The fourth-order valence-electron chi connectivity index (χ4n) is 2.95. The molecule has 1 amide bonds. The molecule has 0 heterocycles. The highest BCUT2D eigenvalue weighted by atomic mass is 16.2. The second-order valence-corrected chi connectivity index (χ2v) is 6.50. The Labute approximate surface area is 128 Å². The summed E-state index contributed by atoms with van der Waals surface area (Å²) >= 11 is 0. The first kappa shape index (κ1) is 15.9. The van der Waals surface area contributed by atoms with Gasteiger partial charge in [-0.15, -0.1) is 0 Å². The van der Waals surface area contributed by atoms with Crippen molar-refractivity contribution in [2.75, 3.05) is 12.3 Å². The summed E-state index contributed by atoms with van der Waals surface area (Å²) in [6.07, 6.45) is 5.40. The van der Waals surface area contributed by atoms with Gasteiger partial charge in [-0.25, -0.2) is 0 Å². The number of rotatable bonds is 7. The molecule has 2 rings (SSSR count). The molecule has 0 atom stereocenters. The van der Waals surface area contributed by atoms with Crippen molar-refractivity contribution in [1.82, 2.24) is 4.90 Å². The summed E-state index contributed by atoms with van der Waals surface area (Å²) in [7, 11) is 0. The molecular formula is C18H28N2O. The van der Waals surface area contributed by atoms with Gasteiger partial charge in [0.25, 0.3) is 0 Å². The predicted octanol–water partition coefficient (Wildman–Crippen LogP) is 3.73. The van der Waals surface area contributed by atoms with E-state index in [1.807, 2.05) is 24.3 Å². The van der Waals surface area contributed by atoms with Gasteiger partial charge in [-0.3, -0.25) is 4.79 Å². The van der Waals surface area contributed by atoms with Gasteiger partial charge in [0.2, 0.25) is 5.91 Å². The Morgan fingerprint density at radius 2 is 1.86 bits per heavy atom. The minimum Gasteiger partial charge on any atom is -0.399 e. The highest BCUT2D eigenvalue weighted by Gasteiger charge is 2.53. The van der Waals surface area contributed by atoms with Crippen LogP contribution in [0.3, 0.4) is 0 Å². The van der Waals surface area contributed by atoms with Crippen molar-refractivity contribution in [3.63, 3.8) is 0 Å². The number of amides is 1. The summed E-state index contributed by atoms with van der Waals surface area (Å²) in [5, 5.41) is 0. The first-order valence-corrected chi connectivity index (χ1v) is 8.18. The number of anilines is 1. The zero-order chi connectivity index (χ0) is 15.5. The van der Waals surface area contributed by atoms with Crippen LogP contribution in [0.2, 0.25) is 0 Å². The summed E-state index contributed by atoms with van der Waals surface area (Å²) in [5.41, 5.74) is 7.37. The molecule has 3 nitrogen and oxygen atoms in total. The Balaban J connectivity index is 2.14. The zero-order valence-electron chi connectivity index (χ0n) is 13.6. The van der Waals surface area contributed by atoms with E-state index in [1.54, 1.807) is 0 Å². The third kappa shape index (κ3) is 3.39. The first-order chi connectivity index (χ1) is 10.0. The molecule has 21 heavy (non-hydrogen) atoms. The Morgan fingerprint density at radius 3 is 2.33 bits per heavy atom. The molecule has 3 heteroatoms. The lowest BCUT2D eigenvalue weighted by atomic mass is 9.93. The molecule has 1 aliphatic rings. The fourth-order valence-corrected chi connectivity index (χ4v) is 2.95. The number of hydrogen-bond donors (Lipinski definition) is 1. The number of carbonyl (C=O) groups excluding carboxylic acids is 1. The van der Waals surface area contributed by atoms with Crippen molar-refractivity contribution in [2.45, 2.75) is 64.3 Å². The normalized spacial score (nSPS) is 16.0. The van der Waals surface area contributed by atoms with Gasteiger partial charge in [-0.2, -0.15) is 0 Å². The fraction of sp³-hybridized carbons (Fsp3) is 0.611. The topological polar surface area (TPSA) is 46.3 Å². The van der Waals surface area contributed by atoms with E-state index in [1.165, 1.54) is 12.8 Å². The molecular weight excluding hydrogens is 260 g/mol. The van der Waals surface area contributed by atoms with Crippen LogP contribution < -0.4 is 5.73 Å². The average molecular weight is 288 g/mol. The number of nitrogens with two attached hydrogens (primary N) is 1. The quantitative estimate of drug-likeness (QED) is 0.614. The average Bonchev–Trinajstić information content (AvgIpc) is 3.25. The van der Waals surface area contributed by atoms with Gasteiger partial charge in [0.1, 0.15) is 0 Å². The van der Waals surface area contributed by atoms with Crippen molar-refractivity contribution in [2.24, 2.45) is 0 Å². The lowest BCUT2D eigenvalue weighted by molar-refractivity contribution is -0.135. The van der Waals surface area contributed by atoms with Gasteiger partial charge in [0.15, 0.2) is 0 Å². The van der Waals surface area contributed by atoms with Gasteiger partial charge in [-0.05, 0) is 50.8 Å². The van der Waals surface area contributed by atoms with Gasteiger partial charge in [-0.1, -0.05) is 31.9 Å². The summed E-state index contributed by atoms with van der Waals surface area (Å²) < 4.78 is 0. The van der Waals surface area contributed by atoms with Crippen molar-refractivity contribution in [3.8, 4) is 0 Å². The van der Waals surface area contributed by atoms with E-state index in [0.717, 1.165) is 37.1 Å². The molecule has 1 saturated carbocycles. The van der Waals surface area contributed by atoms with Crippen LogP contribution in [0.1, 0.15) is 58.4 Å². The molecule has 0 unspecified atom stereocenters. The van der Waals surface area contributed by atoms with E-state index in [9.17, 15) is 4.79 Å². The maximum Gasteiger partial charge on any atom is 0.233 e. The van der Waals surface area contributed by atoms with E-state index in [4.69, 9.17) is 5.73 Å². The SMILES string of the molecule is CCCCCN(C(=O)C1(c2ccc(N)cc2)CC1)C(C)C. The van der Waals surface area contributed by atoms with Crippen LogP contribution in [-0.2, 0) is 10.2 Å². The number of nitrogen functional groups attached to an aromatic ring is 1. The second-order valence-electron chi connectivity index (χ2n) is 6.50.